The molecule has 2 aliphatic rings. The van der Waals surface area contributed by atoms with Crippen LogP contribution in [0.1, 0.15) is 38.5 Å². The lowest BCUT2D eigenvalue weighted by Gasteiger charge is -2.32. The van der Waals surface area contributed by atoms with Crippen LogP contribution < -0.4 is 10.6 Å². The van der Waals surface area contributed by atoms with Crippen LogP contribution in [0.4, 0.5) is 4.79 Å². The monoisotopic (exact) mass is 326 g/mol. The minimum atomic E-state index is -0.577. The predicted molar refractivity (Wildman–Crippen MR) is 83.8 cm³/mol. The van der Waals surface area contributed by atoms with Gasteiger partial charge >= 0.3 is 12.0 Å². The summed E-state index contributed by atoms with van der Waals surface area (Å²) in [5, 5.41) is 15.2. The standard InChI is InChI=1S/C16H26N2O5/c1-22-15(20)9-12-7-8-13(14(10-19)23-12)18-16(21)17-11-5-3-2-4-6-11/h7-8,11-14,19H,2-6,9-10H2,1H3,(H2,17,18,21)/t12-,13-,14-/m1/s1. The van der Waals surface area contributed by atoms with E-state index in [-0.39, 0.29) is 31.1 Å². The highest BCUT2D eigenvalue weighted by molar-refractivity contribution is 5.75. The van der Waals surface area contributed by atoms with Gasteiger partial charge in [0.1, 0.15) is 6.10 Å². The van der Waals surface area contributed by atoms with Crippen molar-refractivity contribution in [1.29, 1.82) is 0 Å². The second-order valence-corrected chi connectivity index (χ2v) is 6.04. The quantitative estimate of drug-likeness (QED) is 0.514. The fourth-order valence-corrected chi connectivity index (χ4v) is 3.01. The van der Waals surface area contributed by atoms with Gasteiger partial charge in [0.15, 0.2) is 0 Å². The summed E-state index contributed by atoms with van der Waals surface area (Å²) in [4.78, 5) is 23.4. The van der Waals surface area contributed by atoms with Gasteiger partial charge in [0.05, 0.1) is 32.3 Å². The van der Waals surface area contributed by atoms with Crippen LogP contribution in [0, 0.1) is 0 Å². The van der Waals surface area contributed by atoms with Gasteiger partial charge in [0.25, 0.3) is 0 Å². The summed E-state index contributed by atoms with van der Waals surface area (Å²) in [6, 6.07) is -0.450. The van der Waals surface area contributed by atoms with Gasteiger partial charge in [-0.15, -0.1) is 0 Å². The normalized spacial score (nSPS) is 28.2. The first-order chi connectivity index (χ1) is 11.1. The predicted octanol–water partition coefficient (Wildman–Crippen LogP) is 0.866. The highest BCUT2D eigenvalue weighted by atomic mass is 16.5. The van der Waals surface area contributed by atoms with E-state index in [4.69, 9.17) is 4.74 Å². The SMILES string of the molecule is COC(=O)C[C@H]1C=C[C@@H](NC(=O)NC2CCCCC2)[C@@H](CO)O1. The molecule has 2 amide bonds. The lowest BCUT2D eigenvalue weighted by Crippen LogP contribution is -2.53. The summed E-state index contributed by atoms with van der Waals surface area (Å²) in [7, 11) is 1.32. The number of aliphatic hydroxyl groups is 1. The van der Waals surface area contributed by atoms with Crippen molar-refractivity contribution in [3.05, 3.63) is 12.2 Å². The smallest absolute Gasteiger partial charge is 0.315 e. The van der Waals surface area contributed by atoms with Crippen LogP contribution in [0.25, 0.3) is 0 Å². The van der Waals surface area contributed by atoms with E-state index in [2.05, 4.69) is 15.4 Å². The first-order valence-electron chi connectivity index (χ1n) is 8.21. The molecule has 7 heteroatoms. The maximum atomic E-state index is 12.1. The number of nitrogens with one attached hydrogen (secondary N) is 2. The largest absolute Gasteiger partial charge is 0.469 e. The molecule has 1 aliphatic carbocycles. The third-order valence-electron chi connectivity index (χ3n) is 4.30. The average Bonchev–Trinajstić information content (AvgIpc) is 2.56. The number of urea groups is 1. The molecule has 0 unspecified atom stereocenters. The van der Waals surface area contributed by atoms with E-state index < -0.39 is 18.2 Å². The van der Waals surface area contributed by atoms with E-state index in [9.17, 15) is 14.7 Å². The molecule has 23 heavy (non-hydrogen) atoms. The summed E-state index contributed by atoms with van der Waals surface area (Å²) in [5.41, 5.74) is 0. The van der Waals surface area contributed by atoms with Crippen molar-refractivity contribution < 1.29 is 24.2 Å². The number of aliphatic hydroxyl groups excluding tert-OH is 1. The van der Waals surface area contributed by atoms with Crippen LogP contribution in [-0.4, -0.2) is 55.1 Å². The molecule has 7 nitrogen and oxygen atoms in total. The fourth-order valence-electron chi connectivity index (χ4n) is 3.01. The number of esters is 1. The Bertz CT molecular complexity index is 434. The van der Waals surface area contributed by atoms with Gasteiger partial charge in [-0.05, 0) is 12.8 Å². The zero-order valence-electron chi connectivity index (χ0n) is 13.5. The first-order valence-corrected chi connectivity index (χ1v) is 8.21. The van der Waals surface area contributed by atoms with Crippen LogP contribution in [-0.2, 0) is 14.3 Å². The molecule has 0 spiro atoms. The summed E-state index contributed by atoms with van der Waals surface area (Å²) in [5.74, 6) is -0.377. The van der Waals surface area contributed by atoms with Crippen LogP contribution in [0.2, 0.25) is 0 Å². The maximum absolute atomic E-state index is 12.1. The van der Waals surface area contributed by atoms with E-state index in [1.807, 2.05) is 0 Å². The van der Waals surface area contributed by atoms with Crippen molar-refractivity contribution in [3.8, 4) is 0 Å². The first kappa shape index (κ1) is 17.7. The number of carbonyl (C=O) groups excluding carboxylic acids is 2. The minimum Gasteiger partial charge on any atom is -0.469 e. The Labute approximate surface area is 136 Å². The summed E-state index contributed by atoms with van der Waals surface area (Å²) in [6.07, 6.45) is 8.08. The zero-order valence-corrected chi connectivity index (χ0v) is 13.5. The Morgan fingerprint density at radius 2 is 1.96 bits per heavy atom. The molecule has 3 atom stereocenters. The fraction of sp³-hybridized carbons (Fsp3) is 0.750. The molecule has 0 aromatic heterocycles. The number of hydrogen-bond acceptors (Lipinski definition) is 5. The molecule has 0 radical (unpaired) electrons. The van der Waals surface area contributed by atoms with Crippen LogP contribution in [0.15, 0.2) is 12.2 Å². The molecule has 0 aromatic rings. The molecular formula is C16H26N2O5. The van der Waals surface area contributed by atoms with Crippen molar-refractivity contribution in [1.82, 2.24) is 10.6 Å². The minimum absolute atomic E-state index is 0.0878. The van der Waals surface area contributed by atoms with E-state index in [1.54, 1.807) is 12.2 Å². The average molecular weight is 326 g/mol. The number of carbonyl (C=O) groups is 2. The van der Waals surface area contributed by atoms with Crippen molar-refractivity contribution in [3.63, 3.8) is 0 Å². The van der Waals surface area contributed by atoms with Crippen LogP contribution >= 0.6 is 0 Å². The summed E-state index contributed by atoms with van der Waals surface area (Å²) < 4.78 is 10.2. The number of rotatable bonds is 5. The van der Waals surface area contributed by atoms with Crippen molar-refractivity contribution in [2.24, 2.45) is 0 Å². The van der Waals surface area contributed by atoms with Crippen molar-refractivity contribution in [2.75, 3.05) is 13.7 Å². The lowest BCUT2D eigenvalue weighted by atomic mass is 9.96. The van der Waals surface area contributed by atoms with Crippen LogP contribution in [0.3, 0.4) is 0 Å². The summed E-state index contributed by atoms with van der Waals surface area (Å²) >= 11 is 0. The second-order valence-electron chi connectivity index (χ2n) is 6.04. The van der Waals surface area contributed by atoms with E-state index in [0.717, 1.165) is 25.7 Å². The van der Waals surface area contributed by atoms with Gasteiger partial charge < -0.3 is 25.2 Å². The zero-order chi connectivity index (χ0) is 16.7. The number of ether oxygens (including phenoxy) is 2. The molecule has 0 aromatic carbocycles. The van der Waals surface area contributed by atoms with Gasteiger partial charge in [-0.3, -0.25) is 4.79 Å². The molecule has 0 saturated heterocycles. The Kier molecular flexibility index (Phi) is 6.85. The Hall–Kier alpha value is -1.60. The van der Waals surface area contributed by atoms with E-state index in [1.165, 1.54) is 13.5 Å². The molecule has 0 bridgehead atoms. The van der Waals surface area contributed by atoms with Crippen LogP contribution in [0.5, 0.6) is 0 Å². The van der Waals surface area contributed by atoms with Gasteiger partial charge in [-0.2, -0.15) is 0 Å². The molecule has 1 saturated carbocycles. The number of amides is 2. The topological polar surface area (TPSA) is 96.9 Å². The maximum Gasteiger partial charge on any atom is 0.315 e. The lowest BCUT2D eigenvalue weighted by molar-refractivity contribution is -0.144. The molecule has 1 fully saturated rings. The Balaban J connectivity index is 1.84. The molecule has 1 heterocycles. The molecule has 3 N–H and O–H groups in total. The van der Waals surface area contributed by atoms with Gasteiger partial charge in [0.2, 0.25) is 0 Å². The van der Waals surface area contributed by atoms with Crippen molar-refractivity contribution in [2.45, 2.75) is 62.8 Å². The molecule has 2 rings (SSSR count). The van der Waals surface area contributed by atoms with E-state index >= 15 is 0 Å². The highest BCUT2D eigenvalue weighted by Crippen LogP contribution is 2.18. The third kappa shape index (κ3) is 5.51. The Morgan fingerprint density at radius 1 is 1.22 bits per heavy atom. The van der Waals surface area contributed by atoms with Gasteiger partial charge in [0, 0.05) is 6.04 Å². The van der Waals surface area contributed by atoms with Crippen molar-refractivity contribution >= 4 is 12.0 Å². The van der Waals surface area contributed by atoms with Gasteiger partial charge in [-0.1, -0.05) is 31.4 Å². The number of hydrogen-bond donors (Lipinski definition) is 3. The molecular weight excluding hydrogens is 300 g/mol. The third-order valence-corrected chi connectivity index (χ3v) is 4.30. The second kappa shape index (κ2) is 8.88. The Morgan fingerprint density at radius 3 is 2.61 bits per heavy atom. The molecule has 130 valence electrons. The van der Waals surface area contributed by atoms with E-state index in [0.29, 0.717) is 0 Å². The highest BCUT2D eigenvalue weighted by Gasteiger charge is 2.29. The number of methoxy groups -OCH3 is 1. The summed E-state index contributed by atoms with van der Waals surface area (Å²) in [6.45, 7) is -0.240. The van der Waals surface area contributed by atoms with Gasteiger partial charge in [-0.25, -0.2) is 4.79 Å². The molecule has 1 aliphatic heterocycles.